The summed E-state index contributed by atoms with van der Waals surface area (Å²) < 4.78 is 0. The van der Waals surface area contributed by atoms with E-state index in [2.05, 4.69) is 0 Å². The average molecular weight is 214 g/mol. The maximum Gasteiger partial charge on any atom is 1.00 e. The van der Waals surface area contributed by atoms with Crippen LogP contribution in [0.1, 0.15) is 5.56 Å². The summed E-state index contributed by atoms with van der Waals surface area (Å²) in [5, 5.41) is 8.42. The van der Waals surface area contributed by atoms with Crippen molar-refractivity contribution in [3.05, 3.63) is 35.9 Å². The van der Waals surface area contributed by atoms with Gasteiger partial charge in [0.2, 0.25) is 0 Å². The molecule has 0 bridgehead atoms. The Kier molecular flexibility index (Phi) is 6.32. The number of nitrogens with zero attached hydrogens (tertiary/aromatic N) is 1. The second-order valence-electron chi connectivity index (χ2n) is 3.16. The topological polar surface area (TPSA) is 40.5 Å². The van der Waals surface area contributed by atoms with Gasteiger partial charge in [-0.1, -0.05) is 12.1 Å². The Morgan fingerprint density at radius 3 is 2.20 bits per heavy atom. The van der Waals surface area contributed by atoms with Crippen molar-refractivity contribution in [3.8, 4) is 0 Å². The molecule has 0 aromatic heterocycles. The van der Waals surface area contributed by atoms with Gasteiger partial charge in [0.05, 0.1) is 0 Å². The number of carboxylic acid groups (broad SMARTS) is 1. The van der Waals surface area contributed by atoms with Gasteiger partial charge in [-0.15, -0.1) is 0 Å². The summed E-state index contributed by atoms with van der Waals surface area (Å²) in [7, 11) is 3.92. The predicted octanol–water partition coefficient (Wildman–Crippen LogP) is -1.15. The Morgan fingerprint density at radius 1 is 1.27 bits per heavy atom. The first-order chi connectivity index (χ1) is 6.59. The normalized spacial score (nSPS) is 9.73. The van der Waals surface area contributed by atoms with Crippen LogP contribution in [0.4, 0.5) is 5.69 Å². The summed E-state index contributed by atoms with van der Waals surface area (Å²) in [5.41, 5.74) is 1.98. The van der Waals surface area contributed by atoms with Crippen LogP contribution in [0.25, 0.3) is 6.08 Å². The molecular weight excluding hydrogens is 201 g/mol. The fraction of sp³-hybridized carbons (Fsp3) is 0.182. The van der Waals surface area contributed by atoms with Crippen molar-refractivity contribution in [1.29, 1.82) is 0 Å². The molecule has 0 radical (unpaired) electrons. The predicted molar refractivity (Wildman–Crippen MR) is 57.4 cm³/mol. The number of benzene rings is 1. The molecule has 1 N–H and O–H groups in total. The van der Waals surface area contributed by atoms with Gasteiger partial charge in [-0.05, 0) is 23.8 Å². The molecule has 0 spiro atoms. The minimum absolute atomic E-state index is 0. The van der Waals surface area contributed by atoms with Gasteiger partial charge in [0, 0.05) is 25.9 Å². The zero-order chi connectivity index (χ0) is 10.6. The average Bonchev–Trinajstić information content (AvgIpc) is 2.15. The number of carbonyl (C=O) groups is 1. The maximum atomic E-state index is 10.3. The van der Waals surface area contributed by atoms with E-state index in [0.29, 0.717) is 0 Å². The largest absolute Gasteiger partial charge is 1.00 e. The minimum Gasteiger partial charge on any atom is -0.478 e. The first-order valence-corrected chi connectivity index (χ1v) is 4.28. The van der Waals surface area contributed by atoms with Crippen LogP contribution >= 0.6 is 0 Å². The molecule has 0 aliphatic carbocycles. The number of hydrogen-bond donors (Lipinski definition) is 1. The molecule has 4 heteroatoms. The van der Waals surface area contributed by atoms with E-state index in [4.69, 9.17) is 5.11 Å². The molecule has 0 atom stereocenters. The second kappa shape index (κ2) is 6.67. The van der Waals surface area contributed by atoms with E-state index < -0.39 is 5.97 Å². The van der Waals surface area contributed by atoms with E-state index in [-0.39, 0.29) is 29.6 Å². The Labute approximate surface area is 112 Å². The molecule has 0 fully saturated rings. The van der Waals surface area contributed by atoms with E-state index in [0.717, 1.165) is 17.3 Å². The zero-order valence-electron chi connectivity index (χ0n) is 9.27. The van der Waals surface area contributed by atoms with Crippen LogP contribution in [0.15, 0.2) is 30.3 Å². The maximum absolute atomic E-state index is 10.3. The van der Waals surface area contributed by atoms with Crippen LogP contribution < -0.4 is 34.5 Å². The number of hydrogen-bond acceptors (Lipinski definition) is 2. The third-order valence-electron chi connectivity index (χ3n) is 1.83. The molecule has 0 saturated carbocycles. The van der Waals surface area contributed by atoms with Crippen molar-refractivity contribution >= 4 is 17.7 Å². The van der Waals surface area contributed by atoms with E-state index in [1.54, 1.807) is 6.08 Å². The van der Waals surface area contributed by atoms with Gasteiger partial charge in [0.25, 0.3) is 0 Å². The van der Waals surface area contributed by atoms with Crippen molar-refractivity contribution in [2.24, 2.45) is 0 Å². The first kappa shape index (κ1) is 14.2. The molecule has 0 amide bonds. The summed E-state index contributed by atoms with van der Waals surface area (Å²) >= 11 is 0. The van der Waals surface area contributed by atoms with Gasteiger partial charge in [-0.25, -0.2) is 4.79 Å². The Bertz CT molecular complexity index is 344. The fourth-order valence-corrected chi connectivity index (χ4v) is 1.05. The minimum atomic E-state index is -0.929. The summed E-state index contributed by atoms with van der Waals surface area (Å²) in [4.78, 5) is 12.2. The molecule has 74 valence electrons. The molecule has 0 heterocycles. The number of rotatable bonds is 3. The number of carboxylic acids is 1. The molecule has 0 unspecified atom stereocenters. The summed E-state index contributed by atoms with van der Waals surface area (Å²) in [6, 6.07) is 7.66. The van der Waals surface area contributed by atoms with Crippen LogP contribution in [-0.2, 0) is 4.79 Å². The van der Waals surface area contributed by atoms with E-state index in [9.17, 15) is 4.79 Å². The smallest absolute Gasteiger partial charge is 0.478 e. The van der Waals surface area contributed by atoms with Crippen molar-refractivity contribution in [2.45, 2.75) is 0 Å². The number of aliphatic carboxylic acids is 1. The quantitative estimate of drug-likeness (QED) is 0.510. The van der Waals surface area contributed by atoms with Gasteiger partial charge >= 0.3 is 35.5 Å². The molecule has 1 aromatic carbocycles. The van der Waals surface area contributed by atoms with Crippen molar-refractivity contribution in [2.75, 3.05) is 19.0 Å². The molecule has 1 rings (SSSR count). The molecule has 1 aromatic rings. The number of anilines is 1. The molecular formula is C11H13NNaO2+. The van der Waals surface area contributed by atoms with Gasteiger partial charge in [0.15, 0.2) is 0 Å². The van der Waals surface area contributed by atoms with E-state index >= 15 is 0 Å². The third kappa shape index (κ3) is 5.02. The van der Waals surface area contributed by atoms with Crippen molar-refractivity contribution < 1.29 is 39.5 Å². The van der Waals surface area contributed by atoms with Gasteiger partial charge in [0.1, 0.15) is 0 Å². The summed E-state index contributed by atoms with van der Waals surface area (Å²) in [6.07, 6.45) is 2.70. The molecule has 0 saturated heterocycles. The molecule has 0 aliphatic heterocycles. The van der Waals surface area contributed by atoms with E-state index in [1.807, 2.05) is 43.3 Å². The Hall–Kier alpha value is -0.770. The van der Waals surface area contributed by atoms with Gasteiger partial charge in [-0.2, -0.15) is 0 Å². The third-order valence-corrected chi connectivity index (χ3v) is 1.83. The Morgan fingerprint density at radius 2 is 1.80 bits per heavy atom. The van der Waals surface area contributed by atoms with Crippen molar-refractivity contribution in [3.63, 3.8) is 0 Å². The van der Waals surface area contributed by atoms with Crippen LogP contribution in [0, 0.1) is 0 Å². The van der Waals surface area contributed by atoms with Crippen molar-refractivity contribution in [1.82, 2.24) is 0 Å². The van der Waals surface area contributed by atoms with Crippen LogP contribution in [0.3, 0.4) is 0 Å². The van der Waals surface area contributed by atoms with Crippen LogP contribution in [0.2, 0.25) is 0 Å². The Balaban J connectivity index is 0.00000196. The van der Waals surface area contributed by atoms with Gasteiger partial charge < -0.3 is 10.0 Å². The molecule has 3 nitrogen and oxygen atoms in total. The SMILES string of the molecule is CN(C)c1ccc(/C=C/C(=O)O)cc1.[Na+]. The first-order valence-electron chi connectivity index (χ1n) is 4.28. The summed E-state index contributed by atoms with van der Waals surface area (Å²) in [6.45, 7) is 0. The second-order valence-corrected chi connectivity index (χ2v) is 3.16. The summed E-state index contributed by atoms with van der Waals surface area (Å²) in [5.74, 6) is -0.929. The van der Waals surface area contributed by atoms with Crippen LogP contribution in [0.5, 0.6) is 0 Å². The monoisotopic (exact) mass is 214 g/mol. The van der Waals surface area contributed by atoms with Gasteiger partial charge in [-0.3, -0.25) is 0 Å². The fourth-order valence-electron chi connectivity index (χ4n) is 1.05. The molecule has 15 heavy (non-hydrogen) atoms. The molecule has 0 aliphatic rings. The van der Waals surface area contributed by atoms with Crippen LogP contribution in [-0.4, -0.2) is 25.2 Å². The standard InChI is InChI=1S/C11H13NO2.Na/c1-12(2)10-6-3-9(4-7-10)5-8-11(13)14;/h3-8H,1-2H3,(H,13,14);/q;+1/b8-5+;. The van der Waals surface area contributed by atoms with E-state index in [1.165, 1.54) is 0 Å². The zero-order valence-corrected chi connectivity index (χ0v) is 11.3.